The minimum Gasteiger partial charge on any atom is -0.488 e. The van der Waals surface area contributed by atoms with E-state index in [9.17, 15) is 4.39 Å². The Kier molecular flexibility index (Phi) is 6.07. The lowest BCUT2D eigenvalue weighted by Crippen LogP contribution is -2.38. The molecule has 1 fully saturated rings. The number of benzene rings is 1. The van der Waals surface area contributed by atoms with Crippen molar-refractivity contribution in [3.05, 3.63) is 30.1 Å². The number of nitrogens with zero attached hydrogens (tertiary/aromatic N) is 1. The lowest BCUT2D eigenvalue weighted by molar-refractivity contribution is 0.0169. The highest BCUT2D eigenvalue weighted by atomic mass is 19.1. The Bertz CT molecular complexity index is 369. The summed E-state index contributed by atoms with van der Waals surface area (Å²) < 4.78 is 29.3. The number of hydrogen-bond acceptors (Lipinski definition) is 4. The molecule has 0 N–H and O–H groups in total. The summed E-state index contributed by atoms with van der Waals surface area (Å²) in [5.74, 6) is -0.0601. The third kappa shape index (κ3) is 5.14. The van der Waals surface area contributed by atoms with Gasteiger partial charge in [0.2, 0.25) is 0 Å². The van der Waals surface area contributed by atoms with E-state index in [2.05, 4.69) is 4.90 Å². The van der Waals surface area contributed by atoms with Gasteiger partial charge in [-0.25, -0.2) is 4.39 Å². The Morgan fingerprint density at radius 1 is 1.11 bits per heavy atom. The van der Waals surface area contributed by atoms with Crippen LogP contribution < -0.4 is 4.74 Å². The maximum Gasteiger partial charge on any atom is 0.165 e. The summed E-state index contributed by atoms with van der Waals surface area (Å²) >= 11 is 0. The van der Waals surface area contributed by atoms with Crippen molar-refractivity contribution >= 4 is 0 Å². The van der Waals surface area contributed by atoms with Crippen LogP contribution in [0.1, 0.15) is 0 Å². The van der Waals surface area contributed by atoms with Gasteiger partial charge in [0.1, 0.15) is 6.61 Å². The van der Waals surface area contributed by atoms with Crippen LogP contribution in [0.3, 0.4) is 0 Å². The fourth-order valence-electron chi connectivity index (χ4n) is 1.89. The van der Waals surface area contributed by atoms with E-state index in [4.69, 9.17) is 14.2 Å². The third-order valence-corrected chi connectivity index (χ3v) is 2.98. The van der Waals surface area contributed by atoms with E-state index in [1.807, 2.05) is 0 Å². The van der Waals surface area contributed by atoms with Crippen LogP contribution in [0.4, 0.5) is 4.39 Å². The standard InChI is InChI=1S/C14H20FNO3/c15-13-3-1-2-4-14(13)19-12-11-18-10-7-16-5-8-17-9-6-16/h1-4H,5-12H2. The summed E-state index contributed by atoms with van der Waals surface area (Å²) in [6, 6.07) is 6.39. The van der Waals surface area contributed by atoms with Crippen LogP contribution in [-0.4, -0.2) is 57.6 Å². The molecule has 1 aromatic rings. The maximum atomic E-state index is 13.2. The minimum absolute atomic E-state index is 0.277. The molecule has 0 atom stereocenters. The van der Waals surface area contributed by atoms with Gasteiger partial charge in [-0.15, -0.1) is 0 Å². The molecule has 0 radical (unpaired) electrons. The highest BCUT2D eigenvalue weighted by Crippen LogP contribution is 2.14. The van der Waals surface area contributed by atoms with Gasteiger partial charge in [0.25, 0.3) is 0 Å². The molecule has 0 unspecified atom stereocenters. The van der Waals surface area contributed by atoms with Crippen molar-refractivity contribution in [2.45, 2.75) is 0 Å². The number of hydrogen-bond donors (Lipinski definition) is 0. The number of para-hydroxylation sites is 1. The molecule has 1 aliphatic heterocycles. The van der Waals surface area contributed by atoms with Gasteiger partial charge in [0, 0.05) is 19.6 Å². The second-order valence-electron chi connectivity index (χ2n) is 4.35. The van der Waals surface area contributed by atoms with E-state index >= 15 is 0 Å². The Morgan fingerprint density at radius 3 is 2.68 bits per heavy atom. The molecule has 0 saturated carbocycles. The molecule has 106 valence electrons. The second-order valence-corrected chi connectivity index (χ2v) is 4.35. The zero-order chi connectivity index (χ0) is 13.3. The van der Waals surface area contributed by atoms with Gasteiger partial charge in [-0.05, 0) is 12.1 Å². The third-order valence-electron chi connectivity index (χ3n) is 2.98. The molecule has 0 spiro atoms. The number of morpholine rings is 1. The molecule has 1 heterocycles. The molecule has 19 heavy (non-hydrogen) atoms. The van der Waals surface area contributed by atoms with Gasteiger partial charge in [-0.3, -0.25) is 4.90 Å². The van der Waals surface area contributed by atoms with E-state index in [0.717, 1.165) is 32.8 Å². The molecule has 1 saturated heterocycles. The van der Waals surface area contributed by atoms with Gasteiger partial charge in [0.15, 0.2) is 11.6 Å². The van der Waals surface area contributed by atoms with Crippen molar-refractivity contribution in [3.8, 4) is 5.75 Å². The minimum atomic E-state index is -0.337. The van der Waals surface area contributed by atoms with Crippen LogP contribution in [0, 0.1) is 5.82 Å². The number of halogens is 1. The van der Waals surface area contributed by atoms with Crippen LogP contribution in [-0.2, 0) is 9.47 Å². The van der Waals surface area contributed by atoms with Gasteiger partial charge in [-0.1, -0.05) is 12.1 Å². The smallest absolute Gasteiger partial charge is 0.165 e. The van der Waals surface area contributed by atoms with Crippen LogP contribution >= 0.6 is 0 Å². The van der Waals surface area contributed by atoms with Crippen LogP contribution in [0.25, 0.3) is 0 Å². The Hall–Kier alpha value is -1.17. The molecule has 5 heteroatoms. The predicted octanol–water partition coefficient (Wildman–Crippen LogP) is 1.55. The average Bonchev–Trinajstić information content (AvgIpc) is 2.45. The summed E-state index contributed by atoms with van der Waals surface area (Å²) in [6.07, 6.45) is 0. The normalized spacial score (nSPS) is 16.5. The van der Waals surface area contributed by atoms with Crippen molar-refractivity contribution in [1.82, 2.24) is 4.90 Å². The first-order valence-corrected chi connectivity index (χ1v) is 6.61. The Labute approximate surface area is 113 Å². The topological polar surface area (TPSA) is 30.9 Å². The summed E-state index contributed by atoms with van der Waals surface area (Å²) in [6.45, 7) is 5.95. The van der Waals surface area contributed by atoms with Gasteiger partial charge in [-0.2, -0.15) is 0 Å². The summed E-state index contributed by atoms with van der Waals surface area (Å²) in [5, 5.41) is 0. The van der Waals surface area contributed by atoms with E-state index < -0.39 is 0 Å². The first-order chi connectivity index (χ1) is 9.36. The second kappa shape index (κ2) is 8.09. The fraction of sp³-hybridized carbons (Fsp3) is 0.571. The van der Waals surface area contributed by atoms with Crippen molar-refractivity contribution in [2.75, 3.05) is 52.7 Å². The average molecular weight is 269 g/mol. The zero-order valence-corrected chi connectivity index (χ0v) is 11.0. The summed E-state index contributed by atoms with van der Waals surface area (Å²) in [7, 11) is 0. The molecule has 0 aromatic heterocycles. The van der Waals surface area contributed by atoms with Gasteiger partial charge < -0.3 is 14.2 Å². The SMILES string of the molecule is Fc1ccccc1OCCOCCN1CCOCC1. The van der Waals surface area contributed by atoms with Gasteiger partial charge in [0.05, 0.1) is 26.4 Å². The van der Waals surface area contributed by atoms with E-state index in [-0.39, 0.29) is 11.6 Å². The summed E-state index contributed by atoms with van der Waals surface area (Å²) in [4.78, 5) is 2.31. The molecular formula is C14H20FNO3. The Morgan fingerprint density at radius 2 is 1.89 bits per heavy atom. The van der Waals surface area contributed by atoms with Crippen molar-refractivity contribution in [1.29, 1.82) is 0 Å². The van der Waals surface area contributed by atoms with Crippen LogP contribution in [0.15, 0.2) is 24.3 Å². The zero-order valence-electron chi connectivity index (χ0n) is 11.0. The lowest BCUT2D eigenvalue weighted by atomic mass is 10.3. The molecule has 1 aliphatic rings. The largest absolute Gasteiger partial charge is 0.488 e. The molecular weight excluding hydrogens is 249 g/mol. The maximum absolute atomic E-state index is 13.2. The highest BCUT2D eigenvalue weighted by Gasteiger charge is 2.09. The van der Waals surface area contributed by atoms with E-state index in [1.165, 1.54) is 6.07 Å². The number of rotatable bonds is 7. The predicted molar refractivity (Wildman–Crippen MR) is 70.0 cm³/mol. The van der Waals surface area contributed by atoms with E-state index in [0.29, 0.717) is 19.8 Å². The van der Waals surface area contributed by atoms with Crippen molar-refractivity contribution in [3.63, 3.8) is 0 Å². The summed E-state index contributed by atoms with van der Waals surface area (Å²) in [5.41, 5.74) is 0. The van der Waals surface area contributed by atoms with Gasteiger partial charge >= 0.3 is 0 Å². The molecule has 2 rings (SSSR count). The first kappa shape index (κ1) is 14.2. The quantitative estimate of drug-likeness (QED) is 0.703. The molecule has 1 aromatic carbocycles. The molecule has 0 aliphatic carbocycles. The van der Waals surface area contributed by atoms with Crippen molar-refractivity contribution < 1.29 is 18.6 Å². The van der Waals surface area contributed by atoms with Crippen LogP contribution in [0.5, 0.6) is 5.75 Å². The first-order valence-electron chi connectivity index (χ1n) is 6.61. The fourth-order valence-corrected chi connectivity index (χ4v) is 1.89. The lowest BCUT2D eigenvalue weighted by Gasteiger charge is -2.26. The van der Waals surface area contributed by atoms with E-state index in [1.54, 1.807) is 18.2 Å². The van der Waals surface area contributed by atoms with Crippen LogP contribution in [0.2, 0.25) is 0 Å². The monoisotopic (exact) mass is 269 g/mol. The Balaban J connectivity index is 1.51. The molecule has 0 amide bonds. The highest BCUT2D eigenvalue weighted by molar-refractivity contribution is 5.23. The molecule has 0 bridgehead atoms. The number of ether oxygens (including phenoxy) is 3. The van der Waals surface area contributed by atoms with Crippen molar-refractivity contribution in [2.24, 2.45) is 0 Å². The molecule has 4 nitrogen and oxygen atoms in total.